The van der Waals surface area contributed by atoms with Crippen molar-refractivity contribution in [3.8, 4) is 11.5 Å². The summed E-state index contributed by atoms with van der Waals surface area (Å²) in [7, 11) is 1.52. The highest BCUT2D eigenvalue weighted by atomic mass is 16.5. The number of benzene rings is 1. The zero-order valence-electron chi connectivity index (χ0n) is 8.94. The molecule has 0 unspecified atom stereocenters. The number of methoxy groups -OCH3 is 1. The Bertz CT molecular complexity index is 315. The second kappa shape index (κ2) is 5.58. The van der Waals surface area contributed by atoms with Gasteiger partial charge in [-0.05, 0) is 37.1 Å². The van der Waals surface area contributed by atoms with Crippen LogP contribution >= 0.6 is 0 Å². The molecule has 0 saturated carbocycles. The molecule has 0 aliphatic rings. The van der Waals surface area contributed by atoms with E-state index in [-0.39, 0.29) is 11.8 Å². The van der Waals surface area contributed by atoms with Gasteiger partial charge in [-0.1, -0.05) is 6.07 Å². The second-order valence-electron chi connectivity index (χ2n) is 3.47. The normalized spacial score (nSPS) is 12.5. The van der Waals surface area contributed by atoms with Crippen LogP contribution in [0.5, 0.6) is 11.5 Å². The van der Waals surface area contributed by atoms with Gasteiger partial charge in [0, 0.05) is 6.04 Å². The summed E-state index contributed by atoms with van der Waals surface area (Å²) >= 11 is 0. The fraction of sp³-hybridized carbons (Fsp3) is 0.455. The van der Waals surface area contributed by atoms with Crippen molar-refractivity contribution >= 4 is 0 Å². The van der Waals surface area contributed by atoms with Crippen LogP contribution in [0, 0.1) is 0 Å². The van der Waals surface area contributed by atoms with E-state index in [1.165, 1.54) is 7.11 Å². The van der Waals surface area contributed by atoms with Crippen molar-refractivity contribution in [3.05, 3.63) is 23.8 Å². The van der Waals surface area contributed by atoms with Gasteiger partial charge in [-0.25, -0.2) is 0 Å². The molecule has 1 atom stereocenters. The van der Waals surface area contributed by atoms with E-state index in [0.29, 0.717) is 12.3 Å². The number of ether oxygens (including phenoxy) is 1. The third-order valence-corrected chi connectivity index (χ3v) is 2.35. The van der Waals surface area contributed by atoms with Gasteiger partial charge >= 0.3 is 0 Å². The quantitative estimate of drug-likeness (QED) is 0.680. The lowest BCUT2D eigenvalue weighted by Crippen LogP contribution is -2.12. The average molecular weight is 210 g/mol. The first kappa shape index (κ1) is 11.8. The molecule has 4 heteroatoms. The zero-order valence-corrected chi connectivity index (χ0v) is 8.94. The van der Waals surface area contributed by atoms with Crippen LogP contribution in [0.25, 0.3) is 0 Å². The van der Waals surface area contributed by atoms with Crippen LogP contribution in [0.15, 0.2) is 18.2 Å². The standard InChI is InChI=1S/C11H18N2O2/c1-15-11-5-4-8(7-10(11)14)9(13)3-2-6-12/h4-5,7,9,14H,2-3,6,12-13H2,1H3/t9-/m1/s1. The maximum atomic E-state index is 9.56. The number of hydrogen-bond donors (Lipinski definition) is 3. The molecule has 15 heavy (non-hydrogen) atoms. The molecule has 0 heterocycles. The molecule has 5 N–H and O–H groups in total. The Morgan fingerprint density at radius 3 is 2.73 bits per heavy atom. The summed E-state index contributed by atoms with van der Waals surface area (Å²) in [6.07, 6.45) is 1.70. The molecule has 0 aliphatic heterocycles. The van der Waals surface area contributed by atoms with Gasteiger partial charge in [-0.3, -0.25) is 0 Å². The van der Waals surface area contributed by atoms with E-state index in [9.17, 15) is 5.11 Å². The summed E-state index contributed by atoms with van der Waals surface area (Å²) in [4.78, 5) is 0. The van der Waals surface area contributed by atoms with Gasteiger partial charge in [0.05, 0.1) is 7.11 Å². The Hall–Kier alpha value is -1.26. The topological polar surface area (TPSA) is 81.5 Å². The molecule has 4 nitrogen and oxygen atoms in total. The SMILES string of the molecule is COc1ccc([C@H](N)CCCN)cc1O. The zero-order chi connectivity index (χ0) is 11.3. The molecule has 0 aromatic heterocycles. The van der Waals surface area contributed by atoms with Crippen molar-refractivity contribution in [1.29, 1.82) is 0 Å². The van der Waals surface area contributed by atoms with Crippen LogP contribution in [0.2, 0.25) is 0 Å². The van der Waals surface area contributed by atoms with Crippen LogP contribution in [0.4, 0.5) is 0 Å². The summed E-state index contributed by atoms with van der Waals surface area (Å²) in [6, 6.07) is 5.14. The highest BCUT2D eigenvalue weighted by Gasteiger charge is 2.08. The predicted octanol–water partition coefficient (Wildman–Crippen LogP) is 1.14. The lowest BCUT2D eigenvalue weighted by atomic mass is 10.0. The third kappa shape index (κ3) is 3.11. The van der Waals surface area contributed by atoms with Gasteiger partial charge in [0.2, 0.25) is 0 Å². The Balaban J connectivity index is 2.73. The third-order valence-electron chi connectivity index (χ3n) is 2.35. The lowest BCUT2D eigenvalue weighted by Gasteiger charge is -2.12. The molecule has 0 aliphatic carbocycles. The molecular formula is C11H18N2O2. The Morgan fingerprint density at radius 2 is 2.20 bits per heavy atom. The van der Waals surface area contributed by atoms with Crippen LogP contribution in [0.3, 0.4) is 0 Å². The number of phenolic OH excluding ortho intramolecular Hbond substituents is 1. The van der Waals surface area contributed by atoms with Gasteiger partial charge in [0.25, 0.3) is 0 Å². The average Bonchev–Trinajstić information content (AvgIpc) is 2.25. The minimum Gasteiger partial charge on any atom is -0.504 e. The highest BCUT2D eigenvalue weighted by Crippen LogP contribution is 2.29. The fourth-order valence-corrected chi connectivity index (χ4v) is 1.44. The summed E-state index contributed by atoms with van der Waals surface area (Å²) in [6.45, 7) is 0.635. The molecule has 0 radical (unpaired) electrons. The van der Waals surface area contributed by atoms with Crippen molar-refractivity contribution in [2.45, 2.75) is 18.9 Å². The van der Waals surface area contributed by atoms with Crippen molar-refractivity contribution < 1.29 is 9.84 Å². The van der Waals surface area contributed by atoms with E-state index in [0.717, 1.165) is 18.4 Å². The first-order valence-corrected chi connectivity index (χ1v) is 5.01. The van der Waals surface area contributed by atoms with E-state index in [4.69, 9.17) is 16.2 Å². The molecule has 84 valence electrons. The van der Waals surface area contributed by atoms with Gasteiger partial charge in [0.1, 0.15) is 0 Å². The minimum atomic E-state index is -0.0784. The van der Waals surface area contributed by atoms with Crippen molar-refractivity contribution in [2.75, 3.05) is 13.7 Å². The first-order chi connectivity index (χ1) is 7.19. The minimum absolute atomic E-state index is 0.0784. The second-order valence-corrected chi connectivity index (χ2v) is 3.47. The van der Waals surface area contributed by atoms with Crippen LogP contribution in [-0.2, 0) is 0 Å². The predicted molar refractivity (Wildman–Crippen MR) is 59.9 cm³/mol. The Morgan fingerprint density at radius 1 is 1.47 bits per heavy atom. The van der Waals surface area contributed by atoms with E-state index < -0.39 is 0 Å². The Kier molecular flexibility index (Phi) is 4.39. The molecule has 0 spiro atoms. The van der Waals surface area contributed by atoms with Gasteiger partial charge < -0.3 is 21.3 Å². The summed E-state index contributed by atoms with van der Waals surface area (Å²) < 4.78 is 4.95. The molecule has 0 bridgehead atoms. The van der Waals surface area contributed by atoms with E-state index in [1.54, 1.807) is 12.1 Å². The van der Waals surface area contributed by atoms with Crippen molar-refractivity contribution in [3.63, 3.8) is 0 Å². The maximum absolute atomic E-state index is 9.56. The van der Waals surface area contributed by atoms with Gasteiger partial charge in [0.15, 0.2) is 11.5 Å². The number of rotatable bonds is 5. The molecule has 1 aromatic carbocycles. The monoisotopic (exact) mass is 210 g/mol. The van der Waals surface area contributed by atoms with E-state index in [1.807, 2.05) is 6.07 Å². The molecule has 0 fully saturated rings. The van der Waals surface area contributed by atoms with E-state index in [2.05, 4.69) is 0 Å². The van der Waals surface area contributed by atoms with Crippen molar-refractivity contribution in [1.82, 2.24) is 0 Å². The van der Waals surface area contributed by atoms with Crippen LogP contribution in [0.1, 0.15) is 24.4 Å². The number of aromatic hydroxyl groups is 1. The molecule has 0 saturated heterocycles. The van der Waals surface area contributed by atoms with Crippen LogP contribution in [-0.4, -0.2) is 18.8 Å². The van der Waals surface area contributed by atoms with Gasteiger partial charge in [-0.2, -0.15) is 0 Å². The smallest absolute Gasteiger partial charge is 0.160 e. The molecular weight excluding hydrogens is 192 g/mol. The first-order valence-electron chi connectivity index (χ1n) is 5.01. The van der Waals surface area contributed by atoms with Crippen molar-refractivity contribution in [2.24, 2.45) is 11.5 Å². The Labute approximate surface area is 89.8 Å². The lowest BCUT2D eigenvalue weighted by molar-refractivity contribution is 0.372. The maximum Gasteiger partial charge on any atom is 0.160 e. The largest absolute Gasteiger partial charge is 0.504 e. The summed E-state index contributed by atoms with van der Waals surface area (Å²) in [5.74, 6) is 0.586. The highest BCUT2D eigenvalue weighted by molar-refractivity contribution is 5.42. The molecule has 1 rings (SSSR count). The molecule has 0 amide bonds. The number of phenols is 1. The van der Waals surface area contributed by atoms with Gasteiger partial charge in [-0.15, -0.1) is 0 Å². The van der Waals surface area contributed by atoms with Crippen LogP contribution < -0.4 is 16.2 Å². The summed E-state index contributed by atoms with van der Waals surface area (Å²) in [5, 5.41) is 9.56. The number of nitrogens with two attached hydrogens (primary N) is 2. The fourth-order valence-electron chi connectivity index (χ4n) is 1.44. The van der Waals surface area contributed by atoms with E-state index >= 15 is 0 Å². The molecule has 1 aromatic rings. The summed E-state index contributed by atoms with van der Waals surface area (Å²) in [5.41, 5.74) is 12.2. The number of hydrogen-bond acceptors (Lipinski definition) is 4.